The molecular weight excluding hydrogens is 244 g/mol. The van der Waals surface area contributed by atoms with Crippen molar-refractivity contribution >= 4 is 11.9 Å². The van der Waals surface area contributed by atoms with E-state index in [9.17, 15) is 9.59 Å². The molecule has 0 aromatic heterocycles. The van der Waals surface area contributed by atoms with Crippen molar-refractivity contribution in [3.05, 3.63) is 0 Å². The maximum absolute atomic E-state index is 11.7. The second kappa shape index (κ2) is 8.15. The summed E-state index contributed by atoms with van der Waals surface area (Å²) in [7, 11) is 1.73. The number of rotatable bonds is 7. The Balaban J connectivity index is 2.15. The minimum Gasteiger partial charge on any atom is -0.480 e. The molecule has 1 aliphatic carbocycles. The van der Waals surface area contributed by atoms with Crippen molar-refractivity contribution in [3.8, 4) is 0 Å². The van der Waals surface area contributed by atoms with E-state index in [4.69, 9.17) is 5.11 Å². The van der Waals surface area contributed by atoms with Crippen molar-refractivity contribution in [1.82, 2.24) is 10.2 Å². The minimum atomic E-state index is -0.856. The standard InChI is InChI=1S/C14H26N2O3/c1-11(14(18)19)16(2)9-8-13(17)15-10-12-6-4-3-5-7-12/h11-12H,3-10H2,1-2H3,(H,15,17)(H,18,19). The second-order valence-electron chi connectivity index (χ2n) is 5.55. The fourth-order valence-corrected chi connectivity index (χ4v) is 2.40. The zero-order valence-electron chi connectivity index (χ0n) is 12.0. The van der Waals surface area contributed by atoms with E-state index in [2.05, 4.69) is 5.32 Å². The molecule has 0 aromatic rings. The van der Waals surface area contributed by atoms with E-state index in [1.807, 2.05) is 0 Å². The first-order chi connectivity index (χ1) is 9.00. The number of aliphatic carboxylic acids is 1. The first kappa shape index (κ1) is 16.0. The number of carboxylic acids is 1. The lowest BCUT2D eigenvalue weighted by Gasteiger charge is -2.23. The third-order valence-corrected chi connectivity index (χ3v) is 4.02. The topological polar surface area (TPSA) is 69.6 Å². The number of nitrogens with one attached hydrogen (secondary N) is 1. The van der Waals surface area contributed by atoms with Gasteiger partial charge in [0.05, 0.1) is 0 Å². The van der Waals surface area contributed by atoms with Crippen molar-refractivity contribution in [1.29, 1.82) is 0 Å². The van der Waals surface area contributed by atoms with Crippen LogP contribution in [-0.4, -0.2) is 48.1 Å². The van der Waals surface area contributed by atoms with Gasteiger partial charge in [-0.15, -0.1) is 0 Å². The molecule has 1 amide bonds. The number of hydrogen-bond acceptors (Lipinski definition) is 3. The van der Waals surface area contributed by atoms with Gasteiger partial charge in [-0.05, 0) is 32.7 Å². The minimum absolute atomic E-state index is 0.0232. The van der Waals surface area contributed by atoms with Crippen LogP contribution in [0.1, 0.15) is 45.4 Å². The number of carbonyl (C=O) groups is 2. The Morgan fingerprint density at radius 3 is 2.53 bits per heavy atom. The molecule has 5 nitrogen and oxygen atoms in total. The van der Waals surface area contributed by atoms with Crippen molar-refractivity contribution in [2.24, 2.45) is 5.92 Å². The van der Waals surface area contributed by atoms with Crippen molar-refractivity contribution in [2.75, 3.05) is 20.1 Å². The van der Waals surface area contributed by atoms with Crippen LogP contribution in [0.5, 0.6) is 0 Å². The Hall–Kier alpha value is -1.10. The highest BCUT2D eigenvalue weighted by molar-refractivity contribution is 5.76. The molecule has 19 heavy (non-hydrogen) atoms. The van der Waals surface area contributed by atoms with Gasteiger partial charge in [0.2, 0.25) is 5.91 Å². The van der Waals surface area contributed by atoms with Gasteiger partial charge in [-0.2, -0.15) is 0 Å². The summed E-state index contributed by atoms with van der Waals surface area (Å²) >= 11 is 0. The first-order valence-corrected chi connectivity index (χ1v) is 7.20. The van der Waals surface area contributed by atoms with E-state index >= 15 is 0 Å². The molecule has 1 atom stereocenters. The normalized spacial score (nSPS) is 18.3. The van der Waals surface area contributed by atoms with E-state index in [1.54, 1.807) is 18.9 Å². The zero-order chi connectivity index (χ0) is 14.3. The smallest absolute Gasteiger partial charge is 0.320 e. The number of carboxylic acid groups (broad SMARTS) is 1. The van der Waals surface area contributed by atoms with Crippen molar-refractivity contribution in [2.45, 2.75) is 51.5 Å². The molecule has 1 unspecified atom stereocenters. The van der Waals surface area contributed by atoms with Crippen LogP contribution in [0.2, 0.25) is 0 Å². The van der Waals surface area contributed by atoms with Crippen LogP contribution >= 0.6 is 0 Å². The summed E-state index contributed by atoms with van der Waals surface area (Å²) in [6, 6.07) is -0.550. The Labute approximate surface area is 115 Å². The fourth-order valence-electron chi connectivity index (χ4n) is 2.40. The molecule has 5 heteroatoms. The number of likely N-dealkylation sites (N-methyl/N-ethyl adjacent to an activating group) is 1. The van der Waals surface area contributed by atoms with Crippen LogP contribution < -0.4 is 5.32 Å². The zero-order valence-corrected chi connectivity index (χ0v) is 12.0. The van der Waals surface area contributed by atoms with Crippen molar-refractivity contribution in [3.63, 3.8) is 0 Å². The molecule has 0 radical (unpaired) electrons. The molecule has 0 aliphatic heterocycles. The van der Waals surface area contributed by atoms with Gasteiger partial charge in [-0.25, -0.2) is 0 Å². The average molecular weight is 270 g/mol. The Morgan fingerprint density at radius 1 is 1.32 bits per heavy atom. The van der Waals surface area contributed by atoms with Gasteiger partial charge in [0.15, 0.2) is 0 Å². The highest BCUT2D eigenvalue weighted by atomic mass is 16.4. The number of carbonyl (C=O) groups excluding carboxylic acids is 1. The second-order valence-corrected chi connectivity index (χ2v) is 5.55. The van der Waals surface area contributed by atoms with Gasteiger partial charge in [-0.1, -0.05) is 19.3 Å². The summed E-state index contributed by atoms with van der Waals surface area (Å²) in [6.45, 7) is 2.88. The summed E-state index contributed by atoms with van der Waals surface area (Å²) in [4.78, 5) is 24.2. The van der Waals surface area contributed by atoms with Crippen molar-refractivity contribution < 1.29 is 14.7 Å². The Kier molecular flexibility index (Phi) is 6.84. The van der Waals surface area contributed by atoms with E-state index in [-0.39, 0.29) is 5.91 Å². The lowest BCUT2D eigenvalue weighted by Crippen LogP contribution is -2.39. The number of nitrogens with zero attached hydrogens (tertiary/aromatic N) is 1. The van der Waals surface area contributed by atoms with Crippen LogP contribution in [-0.2, 0) is 9.59 Å². The van der Waals surface area contributed by atoms with Gasteiger partial charge in [-0.3, -0.25) is 14.5 Å². The highest BCUT2D eigenvalue weighted by Gasteiger charge is 2.18. The van der Waals surface area contributed by atoms with E-state index in [1.165, 1.54) is 32.1 Å². The van der Waals surface area contributed by atoms with Gasteiger partial charge in [0, 0.05) is 19.5 Å². The van der Waals surface area contributed by atoms with Gasteiger partial charge >= 0.3 is 5.97 Å². The highest BCUT2D eigenvalue weighted by Crippen LogP contribution is 2.22. The largest absolute Gasteiger partial charge is 0.480 e. The quantitative estimate of drug-likeness (QED) is 0.735. The molecule has 1 aliphatic rings. The van der Waals surface area contributed by atoms with E-state index < -0.39 is 12.0 Å². The summed E-state index contributed by atoms with van der Waals surface area (Å²) in [6.07, 6.45) is 6.68. The Morgan fingerprint density at radius 2 is 1.95 bits per heavy atom. The summed E-state index contributed by atoms with van der Waals surface area (Å²) < 4.78 is 0. The average Bonchev–Trinajstić information content (AvgIpc) is 2.42. The van der Waals surface area contributed by atoms with Crippen LogP contribution in [0.4, 0.5) is 0 Å². The monoisotopic (exact) mass is 270 g/mol. The molecule has 110 valence electrons. The molecule has 0 saturated heterocycles. The molecule has 0 bridgehead atoms. The summed E-state index contributed by atoms with van der Waals surface area (Å²) in [5, 5.41) is 11.8. The third kappa shape index (κ3) is 6.05. The lowest BCUT2D eigenvalue weighted by molar-refractivity contribution is -0.142. The molecular formula is C14H26N2O3. The third-order valence-electron chi connectivity index (χ3n) is 4.02. The number of amides is 1. The first-order valence-electron chi connectivity index (χ1n) is 7.20. The molecule has 0 aromatic carbocycles. The molecule has 1 saturated carbocycles. The fraction of sp³-hybridized carbons (Fsp3) is 0.857. The van der Waals surface area contributed by atoms with Gasteiger partial charge < -0.3 is 10.4 Å². The maximum atomic E-state index is 11.7. The molecule has 1 rings (SSSR count). The molecule has 1 fully saturated rings. The molecule has 0 spiro atoms. The summed E-state index contributed by atoms with van der Waals surface area (Å²) in [5.41, 5.74) is 0. The van der Waals surface area contributed by atoms with Crippen LogP contribution in [0.15, 0.2) is 0 Å². The predicted octanol–water partition coefficient (Wildman–Crippen LogP) is 1.48. The SMILES string of the molecule is CC(C(=O)O)N(C)CCC(=O)NCC1CCCCC1. The molecule has 0 heterocycles. The number of hydrogen-bond donors (Lipinski definition) is 2. The summed E-state index contributed by atoms with van der Waals surface area (Å²) in [5.74, 6) is -0.200. The van der Waals surface area contributed by atoms with E-state index in [0.717, 1.165) is 6.54 Å². The molecule has 2 N–H and O–H groups in total. The van der Waals surface area contributed by atoms with Crippen LogP contribution in [0, 0.1) is 5.92 Å². The lowest BCUT2D eigenvalue weighted by atomic mass is 9.89. The maximum Gasteiger partial charge on any atom is 0.320 e. The predicted molar refractivity (Wildman–Crippen MR) is 73.9 cm³/mol. The van der Waals surface area contributed by atoms with Gasteiger partial charge in [0.25, 0.3) is 0 Å². The Bertz CT molecular complexity index is 301. The van der Waals surface area contributed by atoms with E-state index in [0.29, 0.717) is 18.9 Å². The van der Waals surface area contributed by atoms with Crippen LogP contribution in [0.25, 0.3) is 0 Å². The van der Waals surface area contributed by atoms with Crippen LogP contribution in [0.3, 0.4) is 0 Å². The van der Waals surface area contributed by atoms with Gasteiger partial charge in [0.1, 0.15) is 6.04 Å².